The number of nitrogens with zero attached hydrogens (tertiary/aromatic N) is 2. The zero-order valence-corrected chi connectivity index (χ0v) is 14.1. The summed E-state index contributed by atoms with van der Waals surface area (Å²) in [6.07, 6.45) is 2.89. The molecule has 1 aliphatic carbocycles. The van der Waals surface area contributed by atoms with Crippen LogP contribution >= 0.6 is 27.5 Å². The Labute approximate surface area is 136 Å². The molecule has 0 bridgehead atoms. The first-order chi connectivity index (χ1) is 10.1. The molecule has 1 heterocycles. The van der Waals surface area contributed by atoms with E-state index in [2.05, 4.69) is 25.5 Å². The number of halogens is 3. The molecule has 3 nitrogen and oxygen atoms in total. The Balaban J connectivity index is 1.98. The maximum absolute atomic E-state index is 13.9. The van der Waals surface area contributed by atoms with Crippen molar-refractivity contribution in [3.63, 3.8) is 0 Å². The van der Waals surface area contributed by atoms with E-state index in [-0.39, 0.29) is 5.82 Å². The molecule has 1 aliphatic rings. The van der Waals surface area contributed by atoms with Crippen molar-refractivity contribution in [2.75, 3.05) is 12.5 Å². The van der Waals surface area contributed by atoms with Gasteiger partial charge >= 0.3 is 0 Å². The molecule has 1 fully saturated rings. The fraction of sp³-hybridized carbons (Fsp3) is 0.533. The van der Waals surface area contributed by atoms with Gasteiger partial charge in [0, 0.05) is 31.0 Å². The van der Waals surface area contributed by atoms with Crippen LogP contribution in [-0.4, -0.2) is 28.1 Å². The van der Waals surface area contributed by atoms with Gasteiger partial charge < -0.3 is 9.30 Å². The normalized spacial score (nSPS) is 21.7. The summed E-state index contributed by atoms with van der Waals surface area (Å²) >= 11 is 9.10. The molecule has 0 spiro atoms. The van der Waals surface area contributed by atoms with E-state index < -0.39 is 0 Å². The quantitative estimate of drug-likeness (QED) is 0.722. The molecule has 114 valence electrons. The molecule has 6 heteroatoms. The predicted octanol–water partition coefficient (Wildman–Crippen LogP) is 4.46. The lowest BCUT2D eigenvalue weighted by atomic mass is 9.88. The van der Waals surface area contributed by atoms with Crippen molar-refractivity contribution in [3.8, 4) is 0 Å². The summed E-state index contributed by atoms with van der Waals surface area (Å²) in [5, 5.41) is 0. The highest BCUT2D eigenvalue weighted by Gasteiger charge is 2.33. The van der Waals surface area contributed by atoms with Crippen molar-refractivity contribution in [2.45, 2.75) is 38.3 Å². The second-order valence-electron chi connectivity index (χ2n) is 5.29. The highest BCUT2D eigenvalue weighted by Crippen LogP contribution is 2.38. The van der Waals surface area contributed by atoms with E-state index in [0.717, 1.165) is 36.3 Å². The Morgan fingerprint density at radius 3 is 2.90 bits per heavy atom. The van der Waals surface area contributed by atoms with Crippen molar-refractivity contribution < 1.29 is 9.13 Å². The molecule has 0 atom stereocenters. The standard InChI is InChI=1S/C15H17BrClFN2O/c1-2-21-10-5-9(6-10)20-14-8-12(18)11(16)7-13(14)19-15(20)3-4-17/h7-10H,2-6H2,1H3. The minimum atomic E-state index is -0.262. The van der Waals surface area contributed by atoms with Crippen molar-refractivity contribution in [1.29, 1.82) is 0 Å². The smallest absolute Gasteiger partial charge is 0.139 e. The molecule has 1 aromatic heterocycles. The average molecular weight is 376 g/mol. The first kappa shape index (κ1) is 15.3. The zero-order valence-electron chi connectivity index (χ0n) is 11.8. The number of aromatic nitrogens is 2. The van der Waals surface area contributed by atoms with E-state index in [0.29, 0.717) is 28.9 Å². The molecule has 2 aromatic rings. The van der Waals surface area contributed by atoms with Crippen LogP contribution in [0.4, 0.5) is 4.39 Å². The van der Waals surface area contributed by atoms with E-state index in [4.69, 9.17) is 16.3 Å². The van der Waals surface area contributed by atoms with Gasteiger partial charge in [-0.2, -0.15) is 0 Å². The summed E-state index contributed by atoms with van der Waals surface area (Å²) in [6, 6.07) is 3.61. The van der Waals surface area contributed by atoms with Crippen LogP contribution in [0.3, 0.4) is 0 Å². The number of ether oxygens (including phenoxy) is 1. The van der Waals surface area contributed by atoms with Crippen LogP contribution in [0.2, 0.25) is 0 Å². The van der Waals surface area contributed by atoms with E-state index in [9.17, 15) is 4.39 Å². The summed E-state index contributed by atoms with van der Waals surface area (Å²) in [6.45, 7) is 2.74. The summed E-state index contributed by atoms with van der Waals surface area (Å²) in [7, 11) is 0. The fourth-order valence-electron chi connectivity index (χ4n) is 2.93. The number of rotatable bonds is 5. The van der Waals surface area contributed by atoms with Gasteiger partial charge in [0.2, 0.25) is 0 Å². The predicted molar refractivity (Wildman–Crippen MR) is 85.5 cm³/mol. The SMILES string of the molecule is CCOC1CC(n2c(CCCl)nc3cc(Br)c(F)cc32)C1. The van der Waals surface area contributed by atoms with E-state index in [1.54, 1.807) is 12.1 Å². The molecular formula is C15H17BrClFN2O. The molecule has 1 saturated carbocycles. The topological polar surface area (TPSA) is 27.1 Å². The van der Waals surface area contributed by atoms with Gasteiger partial charge in [0.1, 0.15) is 11.6 Å². The van der Waals surface area contributed by atoms with Gasteiger partial charge in [-0.05, 0) is 41.8 Å². The van der Waals surface area contributed by atoms with E-state index in [1.807, 2.05) is 6.92 Å². The molecule has 0 amide bonds. The number of alkyl halides is 1. The fourth-order valence-corrected chi connectivity index (χ4v) is 3.43. The monoisotopic (exact) mass is 374 g/mol. The minimum absolute atomic E-state index is 0.262. The number of aryl methyl sites for hydroxylation is 1. The maximum Gasteiger partial charge on any atom is 0.139 e. The molecule has 1 aromatic carbocycles. The van der Waals surface area contributed by atoms with Crippen molar-refractivity contribution >= 4 is 38.6 Å². The Bertz CT molecular complexity index is 655. The minimum Gasteiger partial charge on any atom is -0.378 e. The van der Waals surface area contributed by atoms with Crippen molar-refractivity contribution in [3.05, 3.63) is 28.2 Å². The summed E-state index contributed by atoms with van der Waals surface area (Å²) in [5.74, 6) is 1.17. The Kier molecular flexibility index (Phi) is 4.52. The lowest BCUT2D eigenvalue weighted by Crippen LogP contribution is -2.34. The van der Waals surface area contributed by atoms with Crippen LogP contribution in [0.5, 0.6) is 0 Å². The number of hydrogen-bond donors (Lipinski definition) is 0. The van der Waals surface area contributed by atoms with E-state index in [1.165, 1.54) is 0 Å². The molecular weight excluding hydrogens is 359 g/mol. The third kappa shape index (κ3) is 2.83. The molecule has 0 saturated heterocycles. The highest BCUT2D eigenvalue weighted by atomic mass is 79.9. The molecule has 0 unspecified atom stereocenters. The van der Waals surface area contributed by atoms with Crippen LogP contribution in [0.15, 0.2) is 16.6 Å². The first-order valence-corrected chi connectivity index (χ1v) is 8.50. The second-order valence-corrected chi connectivity index (χ2v) is 6.53. The van der Waals surface area contributed by atoms with Crippen LogP contribution in [0.1, 0.15) is 31.6 Å². The van der Waals surface area contributed by atoms with Gasteiger partial charge in [-0.15, -0.1) is 11.6 Å². The Morgan fingerprint density at radius 1 is 1.48 bits per heavy atom. The lowest BCUT2D eigenvalue weighted by Gasteiger charge is -2.37. The number of hydrogen-bond acceptors (Lipinski definition) is 2. The van der Waals surface area contributed by atoms with Gasteiger partial charge in [0.15, 0.2) is 0 Å². The van der Waals surface area contributed by atoms with Gasteiger partial charge in [0.25, 0.3) is 0 Å². The van der Waals surface area contributed by atoms with Gasteiger partial charge in [-0.25, -0.2) is 9.37 Å². The Hall–Kier alpha value is -0.650. The van der Waals surface area contributed by atoms with Crippen molar-refractivity contribution in [1.82, 2.24) is 9.55 Å². The zero-order chi connectivity index (χ0) is 15.0. The largest absolute Gasteiger partial charge is 0.378 e. The molecule has 21 heavy (non-hydrogen) atoms. The highest BCUT2D eigenvalue weighted by molar-refractivity contribution is 9.10. The van der Waals surface area contributed by atoms with Crippen LogP contribution in [0, 0.1) is 5.82 Å². The number of benzene rings is 1. The van der Waals surface area contributed by atoms with Gasteiger partial charge in [-0.1, -0.05) is 0 Å². The summed E-state index contributed by atoms with van der Waals surface area (Å²) in [4.78, 5) is 4.62. The summed E-state index contributed by atoms with van der Waals surface area (Å²) < 4.78 is 22.1. The average Bonchev–Trinajstić information content (AvgIpc) is 2.72. The van der Waals surface area contributed by atoms with E-state index >= 15 is 0 Å². The molecule has 3 rings (SSSR count). The lowest BCUT2D eigenvalue weighted by molar-refractivity contribution is -0.0193. The van der Waals surface area contributed by atoms with Crippen LogP contribution < -0.4 is 0 Å². The second kappa shape index (κ2) is 6.23. The van der Waals surface area contributed by atoms with Gasteiger partial charge in [-0.3, -0.25) is 0 Å². The third-order valence-corrected chi connectivity index (χ3v) is 4.76. The summed E-state index contributed by atoms with van der Waals surface area (Å²) in [5.41, 5.74) is 1.65. The third-order valence-electron chi connectivity index (χ3n) is 3.96. The molecule has 0 N–H and O–H groups in total. The Morgan fingerprint density at radius 2 is 2.24 bits per heavy atom. The molecule has 0 aliphatic heterocycles. The first-order valence-electron chi connectivity index (χ1n) is 7.17. The number of fused-ring (bicyclic) bond motifs is 1. The maximum atomic E-state index is 13.9. The van der Waals surface area contributed by atoms with Crippen LogP contribution in [0.25, 0.3) is 11.0 Å². The van der Waals surface area contributed by atoms with Crippen LogP contribution in [-0.2, 0) is 11.2 Å². The van der Waals surface area contributed by atoms with Crippen molar-refractivity contribution in [2.24, 2.45) is 0 Å². The van der Waals surface area contributed by atoms with Gasteiger partial charge in [0.05, 0.1) is 21.6 Å². The molecule has 0 radical (unpaired) electrons. The number of imidazole rings is 1.